The van der Waals surface area contributed by atoms with Gasteiger partial charge in [-0.25, -0.2) is 0 Å². The minimum absolute atomic E-state index is 0.168. The highest BCUT2D eigenvalue weighted by Crippen LogP contribution is 2.32. The molecule has 0 spiro atoms. The number of nitrogens with one attached hydrogen (secondary N) is 1. The van der Waals surface area contributed by atoms with Gasteiger partial charge >= 0.3 is 0 Å². The lowest BCUT2D eigenvalue weighted by Crippen LogP contribution is -2.23. The van der Waals surface area contributed by atoms with Crippen molar-refractivity contribution in [2.75, 3.05) is 6.79 Å². The fraction of sp³-hybridized carbons (Fsp3) is 0.176. The predicted octanol–water partition coefficient (Wildman–Crippen LogP) is 2.23. The van der Waals surface area contributed by atoms with E-state index in [-0.39, 0.29) is 12.7 Å². The van der Waals surface area contributed by atoms with Crippen LogP contribution < -0.4 is 14.8 Å². The van der Waals surface area contributed by atoms with Gasteiger partial charge in [0.25, 0.3) is 5.91 Å². The van der Waals surface area contributed by atoms with Crippen LogP contribution >= 0.6 is 0 Å². The molecular weight excluding hydrogens is 294 g/mol. The number of para-hydroxylation sites is 1. The van der Waals surface area contributed by atoms with Crippen molar-refractivity contribution >= 4 is 16.8 Å². The van der Waals surface area contributed by atoms with Crippen molar-refractivity contribution in [1.29, 1.82) is 0 Å². The topological polar surface area (TPSA) is 65.4 Å². The van der Waals surface area contributed by atoms with Crippen LogP contribution in [-0.2, 0) is 13.6 Å². The van der Waals surface area contributed by atoms with E-state index in [1.807, 2.05) is 36.0 Å². The zero-order valence-corrected chi connectivity index (χ0v) is 12.6. The molecule has 1 aliphatic rings. The molecular formula is C17H15N3O3. The molecule has 2 heterocycles. The van der Waals surface area contributed by atoms with E-state index in [0.717, 1.165) is 16.6 Å². The zero-order valence-electron chi connectivity index (χ0n) is 12.6. The summed E-state index contributed by atoms with van der Waals surface area (Å²) < 4.78 is 12.4. The number of ether oxygens (including phenoxy) is 2. The van der Waals surface area contributed by atoms with Crippen molar-refractivity contribution in [2.45, 2.75) is 6.54 Å². The molecule has 0 bridgehead atoms. The van der Waals surface area contributed by atoms with Crippen LogP contribution in [0.25, 0.3) is 10.9 Å². The summed E-state index contributed by atoms with van der Waals surface area (Å²) in [5.41, 5.74) is 2.42. The Morgan fingerprint density at radius 3 is 2.96 bits per heavy atom. The average Bonchev–Trinajstić information content (AvgIpc) is 3.17. The fourth-order valence-corrected chi connectivity index (χ4v) is 2.72. The minimum atomic E-state index is -0.168. The van der Waals surface area contributed by atoms with Crippen LogP contribution in [0.15, 0.2) is 42.5 Å². The molecule has 0 aliphatic carbocycles. The van der Waals surface area contributed by atoms with Gasteiger partial charge in [-0.3, -0.25) is 9.48 Å². The van der Waals surface area contributed by atoms with Gasteiger partial charge in [0, 0.05) is 18.0 Å². The van der Waals surface area contributed by atoms with Gasteiger partial charge in [0.15, 0.2) is 11.5 Å². The standard InChI is InChI=1S/C17H15N3O3/c1-20-14-5-3-2-4-12(14)13(19-20)9-18-17(21)11-6-7-15-16(8-11)23-10-22-15/h2-8H,9-10H2,1H3,(H,18,21). The number of hydrogen-bond acceptors (Lipinski definition) is 4. The highest BCUT2D eigenvalue weighted by Gasteiger charge is 2.16. The van der Waals surface area contributed by atoms with Crippen LogP contribution in [0, 0.1) is 0 Å². The number of aryl methyl sites for hydroxylation is 1. The van der Waals surface area contributed by atoms with E-state index in [1.54, 1.807) is 18.2 Å². The first-order valence-electron chi connectivity index (χ1n) is 7.31. The van der Waals surface area contributed by atoms with Crippen LogP contribution in [0.4, 0.5) is 0 Å². The second-order valence-corrected chi connectivity index (χ2v) is 5.34. The maximum absolute atomic E-state index is 12.3. The maximum Gasteiger partial charge on any atom is 0.251 e. The van der Waals surface area contributed by atoms with Gasteiger partial charge in [0.2, 0.25) is 6.79 Å². The third kappa shape index (κ3) is 2.38. The Morgan fingerprint density at radius 2 is 2.04 bits per heavy atom. The number of amides is 1. The van der Waals surface area contributed by atoms with Gasteiger partial charge in [-0.05, 0) is 24.3 Å². The van der Waals surface area contributed by atoms with Gasteiger partial charge < -0.3 is 14.8 Å². The first kappa shape index (κ1) is 13.6. The summed E-state index contributed by atoms with van der Waals surface area (Å²) in [5.74, 6) is 1.09. The molecule has 0 atom stereocenters. The first-order valence-corrected chi connectivity index (χ1v) is 7.31. The van der Waals surface area contributed by atoms with Crippen molar-refractivity contribution in [3.63, 3.8) is 0 Å². The number of carbonyl (C=O) groups is 1. The van der Waals surface area contributed by atoms with E-state index in [0.29, 0.717) is 23.6 Å². The molecule has 0 unspecified atom stereocenters. The largest absolute Gasteiger partial charge is 0.454 e. The van der Waals surface area contributed by atoms with Crippen molar-refractivity contribution < 1.29 is 14.3 Å². The summed E-state index contributed by atoms with van der Waals surface area (Å²) in [5, 5.41) is 8.41. The van der Waals surface area contributed by atoms with Gasteiger partial charge in [0.05, 0.1) is 17.8 Å². The molecule has 116 valence electrons. The normalized spacial score (nSPS) is 12.6. The highest BCUT2D eigenvalue weighted by atomic mass is 16.7. The fourth-order valence-electron chi connectivity index (χ4n) is 2.72. The van der Waals surface area contributed by atoms with Crippen LogP contribution in [0.5, 0.6) is 11.5 Å². The van der Waals surface area contributed by atoms with E-state index >= 15 is 0 Å². The minimum Gasteiger partial charge on any atom is -0.454 e. The molecule has 6 nitrogen and oxygen atoms in total. The summed E-state index contributed by atoms with van der Waals surface area (Å²) in [4.78, 5) is 12.3. The second-order valence-electron chi connectivity index (χ2n) is 5.34. The number of aromatic nitrogens is 2. The van der Waals surface area contributed by atoms with E-state index < -0.39 is 0 Å². The molecule has 1 aliphatic heterocycles. The molecule has 1 aromatic heterocycles. The first-order chi connectivity index (χ1) is 11.2. The van der Waals surface area contributed by atoms with Gasteiger partial charge in [0.1, 0.15) is 0 Å². The Labute approximate surface area is 132 Å². The van der Waals surface area contributed by atoms with Crippen LogP contribution in [0.2, 0.25) is 0 Å². The van der Waals surface area contributed by atoms with E-state index in [4.69, 9.17) is 9.47 Å². The van der Waals surface area contributed by atoms with Crippen LogP contribution in [-0.4, -0.2) is 22.5 Å². The molecule has 1 amide bonds. The van der Waals surface area contributed by atoms with E-state index in [2.05, 4.69) is 10.4 Å². The summed E-state index contributed by atoms with van der Waals surface area (Å²) in [7, 11) is 1.89. The third-order valence-corrected chi connectivity index (χ3v) is 3.89. The van der Waals surface area contributed by atoms with Crippen molar-refractivity contribution in [3.8, 4) is 11.5 Å². The van der Waals surface area contributed by atoms with Crippen molar-refractivity contribution in [3.05, 3.63) is 53.7 Å². The molecule has 0 fully saturated rings. The third-order valence-electron chi connectivity index (χ3n) is 3.89. The molecule has 2 aromatic carbocycles. The number of carbonyl (C=O) groups excluding carboxylic acids is 1. The number of rotatable bonds is 3. The lowest BCUT2D eigenvalue weighted by atomic mass is 10.1. The van der Waals surface area contributed by atoms with Crippen molar-refractivity contribution in [1.82, 2.24) is 15.1 Å². The van der Waals surface area contributed by atoms with E-state index in [1.165, 1.54) is 0 Å². The Bertz CT molecular complexity index is 901. The monoisotopic (exact) mass is 309 g/mol. The molecule has 0 saturated heterocycles. The second kappa shape index (κ2) is 5.31. The highest BCUT2D eigenvalue weighted by molar-refractivity contribution is 5.95. The van der Waals surface area contributed by atoms with Crippen LogP contribution in [0.1, 0.15) is 16.1 Å². The van der Waals surface area contributed by atoms with Gasteiger partial charge in [-0.1, -0.05) is 18.2 Å². The smallest absolute Gasteiger partial charge is 0.251 e. The summed E-state index contributed by atoms with van der Waals surface area (Å²) in [6.07, 6.45) is 0. The summed E-state index contributed by atoms with van der Waals surface area (Å²) >= 11 is 0. The maximum atomic E-state index is 12.3. The Balaban J connectivity index is 1.53. The summed E-state index contributed by atoms with van der Waals surface area (Å²) in [6, 6.07) is 13.1. The Kier molecular flexibility index (Phi) is 3.15. The number of fused-ring (bicyclic) bond motifs is 2. The molecule has 0 radical (unpaired) electrons. The number of nitrogens with zero attached hydrogens (tertiary/aromatic N) is 2. The van der Waals surface area contributed by atoms with Gasteiger partial charge in [-0.2, -0.15) is 5.10 Å². The zero-order chi connectivity index (χ0) is 15.8. The quantitative estimate of drug-likeness (QED) is 0.806. The molecule has 0 saturated carbocycles. The predicted molar refractivity (Wildman–Crippen MR) is 84.4 cm³/mol. The molecule has 4 rings (SSSR count). The Morgan fingerprint density at radius 1 is 1.22 bits per heavy atom. The molecule has 3 aromatic rings. The number of hydrogen-bond donors (Lipinski definition) is 1. The molecule has 23 heavy (non-hydrogen) atoms. The SMILES string of the molecule is Cn1nc(CNC(=O)c2ccc3c(c2)OCO3)c2ccccc21. The molecule has 1 N–H and O–H groups in total. The van der Waals surface area contributed by atoms with Crippen LogP contribution in [0.3, 0.4) is 0 Å². The van der Waals surface area contributed by atoms with E-state index in [9.17, 15) is 4.79 Å². The Hall–Kier alpha value is -3.02. The summed E-state index contributed by atoms with van der Waals surface area (Å²) in [6.45, 7) is 0.564. The number of benzene rings is 2. The average molecular weight is 309 g/mol. The van der Waals surface area contributed by atoms with Gasteiger partial charge in [-0.15, -0.1) is 0 Å². The molecule has 6 heteroatoms. The lowest BCUT2D eigenvalue weighted by Gasteiger charge is -2.05. The van der Waals surface area contributed by atoms with Crippen molar-refractivity contribution in [2.24, 2.45) is 7.05 Å². The lowest BCUT2D eigenvalue weighted by molar-refractivity contribution is 0.0950.